The van der Waals surface area contributed by atoms with Crippen molar-refractivity contribution >= 4 is 23.1 Å². The number of aliphatic hydroxyl groups is 1. The fraction of sp³-hybridized carbons (Fsp3) is 0.0769. The van der Waals surface area contributed by atoms with Crippen molar-refractivity contribution in [3.63, 3.8) is 0 Å². The van der Waals surface area contributed by atoms with Crippen molar-refractivity contribution in [2.75, 3.05) is 11.1 Å². The van der Waals surface area contributed by atoms with Crippen LogP contribution in [0.2, 0.25) is 0 Å². The number of carbonyl (C=O) groups is 1. The Morgan fingerprint density at radius 3 is 2.62 bits per heavy atom. The highest BCUT2D eigenvalue weighted by Crippen LogP contribution is 2.18. The van der Waals surface area contributed by atoms with Gasteiger partial charge in [0.25, 0.3) is 11.6 Å². The summed E-state index contributed by atoms with van der Waals surface area (Å²) in [5.41, 5.74) is 6.35. The normalized spacial score (nSPS) is 10.1. The van der Waals surface area contributed by atoms with Crippen LogP contribution in [0, 0.1) is 10.1 Å². The molecule has 2 rings (SSSR count). The standard InChI is InChI=1S/C13H12N4O4/c14-12-11(5-10(6-15-12)17(20)21)13(19)16-9-3-1-8(7-18)2-4-9/h1-6,18H,7H2,(H2,14,15)(H,16,19). The molecule has 0 radical (unpaired) electrons. The molecule has 1 amide bonds. The lowest BCUT2D eigenvalue weighted by Crippen LogP contribution is -2.15. The van der Waals surface area contributed by atoms with Crippen LogP contribution < -0.4 is 11.1 Å². The number of pyridine rings is 1. The van der Waals surface area contributed by atoms with Crippen LogP contribution in [-0.4, -0.2) is 20.9 Å². The summed E-state index contributed by atoms with van der Waals surface area (Å²) < 4.78 is 0. The highest BCUT2D eigenvalue weighted by Gasteiger charge is 2.16. The highest BCUT2D eigenvalue weighted by atomic mass is 16.6. The van der Waals surface area contributed by atoms with E-state index in [0.29, 0.717) is 11.3 Å². The Morgan fingerprint density at radius 1 is 1.38 bits per heavy atom. The fourth-order valence-corrected chi connectivity index (χ4v) is 1.64. The van der Waals surface area contributed by atoms with Gasteiger partial charge >= 0.3 is 0 Å². The molecular weight excluding hydrogens is 276 g/mol. The summed E-state index contributed by atoms with van der Waals surface area (Å²) in [5, 5.41) is 22.2. The topological polar surface area (TPSA) is 131 Å². The minimum Gasteiger partial charge on any atom is -0.392 e. The summed E-state index contributed by atoms with van der Waals surface area (Å²) >= 11 is 0. The SMILES string of the molecule is Nc1ncc([N+](=O)[O-])cc1C(=O)Nc1ccc(CO)cc1. The predicted molar refractivity (Wildman–Crippen MR) is 75.6 cm³/mol. The van der Waals surface area contributed by atoms with Crippen molar-refractivity contribution in [1.29, 1.82) is 0 Å². The number of benzene rings is 1. The molecule has 0 aliphatic carbocycles. The van der Waals surface area contributed by atoms with E-state index in [1.54, 1.807) is 24.3 Å². The molecule has 8 nitrogen and oxygen atoms in total. The fourth-order valence-electron chi connectivity index (χ4n) is 1.64. The minimum absolute atomic E-state index is 0.0737. The zero-order valence-electron chi connectivity index (χ0n) is 10.8. The molecule has 0 atom stereocenters. The molecule has 0 bridgehead atoms. The second-order valence-electron chi connectivity index (χ2n) is 4.19. The van der Waals surface area contributed by atoms with Gasteiger partial charge in [-0.2, -0.15) is 0 Å². The maximum Gasteiger partial charge on any atom is 0.288 e. The van der Waals surface area contributed by atoms with Crippen molar-refractivity contribution in [1.82, 2.24) is 4.98 Å². The average Bonchev–Trinajstić information content (AvgIpc) is 2.48. The smallest absolute Gasteiger partial charge is 0.288 e. The molecule has 8 heteroatoms. The molecule has 108 valence electrons. The van der Waals surface area contributed by atoms with Gasteiger partial charge in [-0.25, -0.2) is 4.98 Å². The maximum absolute atomic E-state index is 12.1. The molecule has 0 saturated heterocycles. The first-order valence-electron chi connectivity index (χ1n) is 5.92. The van der Waals surface area contributed by atoms with E-state index in [4.69, 9.17) is 10.8 Å². The molecule has 0 spiro atoms. The summed E-state index contributed by atoms with van der Waals surface area (Å²) in [4.78, 5) is 25.7. The number of nitrogen functional groups attached to an aromatic ring is 1. The van der Waals surface area contributed by atoms with Gasteiger partial charge in [-0.3, -0.25) is 14.9 Å². The van der Waals surface area contributed by atoms with Crippen LogP contribution in [0.25, 0.3) is 0 Å². The summed E-state index contributed by atoms with van der Waals surface area (Å²) in [7, 11) is 0. The van der Waals surface area contributed by atoms with Crippen LogP contribution in [0.15, 0.2) is 36.5 Å². The lowest BCUT2D eigenvalue weighted by Gasteiger charge is -2.07. The van der Waals surface area contributed by atoms with Crippen LogP contribution in [0.5, 0.6) is 0 Å². The lowest BCUT2D eigenvalue weighted by molar-refractivity contribution is -0.385. The number of carbonyl (C=O) groups excluding carboxylic acids is 1. The number of amides is 1. The Bertz CT molecular complexity index is 685. The van der Waals surface area contributed by atoms with Crippen molar-refractivity contribution in [3.8, 4) is 0 Å². The number of anilines is 2. The second-order valence-corrected chi connectivity index (χ2v) is 4.19. The zero-order valence-corrected chi connectivity index (χ0v) is 10.8. The molecule has 1 aromatic heterocycles. The van der Waals surface area contributed by atoms with Crippen molar-refractivity contribution in [3.05, 3.63) is 57.8 Å². The summed E-state index contributed by atoms with van der Waals surface area (Å²) in [6, 6.07) is 7.56. The van der Waals surface area contributed by atoms with E-state index in [2.05, 4.69) is 10.3 Å². The van der Waals surface area contributed by atoms with Gasteiger partial charge in [-0.15, -0.1) is 0 Å². The Kier molecular flexibility index (Phi) is 4.10. The molecule has 0 aliphatic heterocycles. The monoisotopic (exact) mass is 288 g/mol. The number of aromatic nitrogens is 1. The van der Waals surface area contributed by atoms with Crippen LogP contribution >= 0.6 is 0 Å². The maximum atomic E-state index is 12.1. The van der Waals surface area contributed by atoms with E-state index >= 15 is 0 Å². The van der Waals surface area contributed by atoms with E-state index in [-0.39, 0.29) is 23.7 Å². The van der Waals surface area contributed by atoms with Gasteiger partial charge in [0.2, 0.25) is 0 Å². The van der Waals surface area contributed by atoms with Gasteiger partial charge in [0.05, 0.1) is 17.1 Å². The molecule has 4 N–H and O–H groups in total. The van der Waals surface area contributed by atoms with Crippen LogP contribution in [0.3, 0.4) is 0 Å². The Hall–Kier alpha value is -3.00. The molecule has 2 aromatic rings. The number of nitrogens with zero attached hydrogens (tertiary/aromatic N) is 2. The molecule has 1 heterocycles. The lowest BCUT2D eigenvalue weighted by atomic mass is 10.2. The number of hydrogen-bond acceptors (Lipinski definition) is 6. The van der Waals surface area contributed by atoms with Crippen LogP contribution in [0.4, 0.5) is 17.2 Å². The molecule has 0 saturated carbocycles. The molecule has 0 fully saturated rings. The number of rotatable bonds is 4. The van der Waals surface area contributed by atoms with Crippen molar-refractivity contribution in [2.24, 2.45) is 0 Å². The van der Waals surface area contributed by atoms with E-state index < -0.39 is 10.8 Å². The number of nitrogens with one attached hydrogen (secondary N) is 1. The molecule has 0 aliphatic rings. The van der Waals surface area contributed by atoms with Gasteiger partial charge in [-0.1, -0.05) is 12.1 Å². The van der Waals surface area contributed by atoms with Gasteiger partial charge in [-0.05, 0) is 17.7 Å². The van der Waals surface area contributed by atoms with E-state index in [0.717, 1.165) is 12.3 Å². The van der Waals surface area contributed by atoms with Crippen LogP contribution in [-0.2, 0) is 6.61 Å². The number of aliphatic hydroxyl groups excluding tert-OH is 1. The zero-order chi connectivity index (χ0) is 15.4. The summed E-state index contributed by atoms with van der Waals surface area (Å²) in [6.07, 6.45) is 0.988. The van der Waals surface area contributed by atoms with Crippen LogP contribution in [0.1, 0.15) is 15.9 Å². The number of hydrogen-bond donors (Lipinski definition) is 3. The summed E-state index contributed by atoms with van der Waals surface area (Å²) in [6.45, 7) is -0.101. The number of nitrogens with two attached hydrogens (primary N) is 1. The highest BCUT2D eigenvalue weighted by molar-refractivity contribution is 6.07. The predicted octanol–water partition coefficient (Wildman–Crippen LogP) is 1.32. The third kappa shape index (κ3) is 3.31. The molecular formula is C13H12N4O4. The Morgan fingerprint density at radius 2 is 2.05 bits per heavy atom. The Labute approximate surface area is 119 Å². The van der Waals surface area contributed by atoms with E-state index in [9.17, 15) is 14.9 Å². The largest absolute Gasteiger partial charge is 0.392 e. The van der Waals surface area contributed by atoms with Crippen molar-refractivity contribution in [2.45, 2.75) is 6.61 Å². The van der Waals surface area contributed by atoms with Gasteiger partial charge in [0.15, 0.2) is 0 Å². The third-order valence-corrected chi connectivity index (χ3v) is 2.75. The first-order valence-corrected chi connectivity index (χ1v) is 5.92. The quantitative estimate of drug-likeness (QED) is 0.574. The first kappa shape index (κ1) is 14.4. The molecule has 21 heavy (non-hydrogen) atoms. The second kappa shape index (κ2) is 5.97. The first-order chi connectivity index (χ1) is 10.0. The third-order valence-electron chi connectivity index (χ3n) is 2.75. The average molecular weight is 288 g/mol. The van der Waals surface area contributed by atoms with Gasteiger partial charge in [0.1, 0.15) is 12.0 Å². The van der Waals surface area contributed by atoms with Gasteiger partial charge < -0.3 is 16.2 Å². The van der Waals surface area contributed by atoms with E-state index in [1.807, 2.05) is 0 Å². The summed E-state index contributed by atoms with van der Waals surface area (Å²) in [5.74, 6) is -0.689. The van der Waals surface area contributed by atoms with Crippen molar-refractivity contribution < 1.29 is 14.8 Å². The minimum atomic E-state index is -0.654. The van der Waals surface area contributed by atoms with E-state index in [1.165, 1.54) is 0 Å². The van der Waals surface area contributed by atoms with Gasteiger partial charge in [0, 0.05) is 11.8 Å². The Balaban J connectivity index is 2.23. The number of nitro groups is 1. The molecule has 0 unspecified atom stereocenters. The molecule has 1 aromatic carbocycles.